The Kier molecular flexibility index (Phi) is 2.58. The molecule has 114 valence electrons. The minimum atomic E-state index is 0.298. The van der Waals surface area contributed by atoms with Crippen LogP contribution in [0.15, 0.2) is 53.8 Å². The summed E-state index contributed by atoms with van der Waals surface area (Å²) < 4.78 is 2.16. The Balaban J connectivity index is 1.73. The molecule has 3 heteroatoms. The van der Waals surface area contributed by atoms with E-state index in [1.54, 1.807) is 0 Å². The van der Waals surface area contributed by atoms with E-state index in [0.29, 0.717) is 5.41 Å². The molecule has 2 aliphatic rings. The maximum absolute atomic E-state index is 5.01. The van der Waals surface area contributed by atoms with Crippen LogP contribution in [0.2, 0.25) is 0 Å². The fourth-order valence-electron chi connectivity index (χ4n) is 4.13. The van der Waals surface area contributed by atoms with E-state index in [9.17, 15) is 0 Å². The fraction of sp³-hybridized carbons (Fsp3) is 0.300. The van der Waals surface area contributed by atoms with Crippen molar-refractivity contribution in [2.24, 2.45) is 4.99 Å². The van der Waals surface area contributed by atoms with Gasteiger partial charge in [0, 0.05) is 11.0 Å². The second kappa shape index (κ2) is 4.54. The Bertz CT molecular complexity index is 944. The summed E-state index contributed by atoms with van der Waals surface area (Å²) in [4.78, 5) is 9.63. The van der Waals surface area contributed by atoms with E-state index >= 15 is 0 Å². The molecule has 0 N–H and O–H groups in total. The summed E-state index contributed by atoms with van der Waals surface area (Å²) >= 11 is 0. The third kappa shape index (κ3) is 1.70. The molecule has 1 fully saturated rings. The molecule has 1 aliphatic carbocycles. The highest BCUT2D eigenvalue weighted by Crippen LogP contribution is 2.47. The number of imidazole rings is 1. The number of aromatic nitrogens is 2. The maximum Gasteiger partial charge on any atom is 0.141 e. The lowest BCUT2D eigenvalue weighted by atomic mass is 9.62. The van der Waals surface area contributed by atoms with E-state index in [-0.39, 0.29) is 0 Å². The summed E-state index contributed by atoms with van der Waals surface area (Å²) in [5, 5.41) is 0. The van der Waals surface area contributed by atoms with Crippen molar-refractivity contribution in [1.29, 1.82) is 0 Å². The summed E-state index contributed by atoms with van der Waals surface area (Å²) in [5.74, 6) is 1.05. The van der Waals surface area contributed by atoms with Gasteiger partial charge in [0.05, 0.1) is 17.6 Å². The molecule has 0 radical (unpaired) electrons. The van der Waals surface area contributed by atoms with Crippen molar-refractivity contribution < 1.29 is 0 Å². The van der Waals surface area contributed by atoms with Crippen molar-refractivity contribution in [2.45, 2.75) is 31.6 Å². The minimum absolute atomic E-state index is 0.298. The molecule has 0 atom stereocenters. The molecule has 0 amide bonds. The Hall–Kier alpha value is -2.42. The number of hydrogen-bond acceptors (Lipinski definition) is 2. The molecular weight excluding hydrogens is 282 g/mol. The van der Waals surface area contributed by atoms with Crippen LogP contribution in [0, 0.1) is 6.92 Å². The lowest BCUT2D eigenvalue weighted by Crippen LogP contribution is -2.42. The van der Waals surface area contributed by atoms with Gasteiger partial charge in [-0.15, -0.1) is 0 Å². The van der Waals surface area contributed by atoms with Crippen LogP contribution in [0.25, 0.3) is 11.0 Å². The lowest BCUT2D eigenvalue weighted by Gasteiger charge is -2.44. The van der Waals surface area contributed by atoms with Gasteiger partial charge in [0.25, 0.3) is 0 Å². The van der Waals surface area contributed by atoms with Gasteiger partial charge in [-0.05, 0) is 37.0 Å². The molecule has 23 heavy (non-hydrogen) atoms. The van der Waals surface area contributed by atoms with Crippen molar-refractivity contribution in [3.05, 3.63) is 65.5 Å². The molecule has 2 heterocycles. The first-order valence-corrected chi connectivity index (χ1v) is 8.36. The Morgan fingerprint density at radius 3 is 2.74 bits per heavy atom. The quantitative estimate of drug-likeness (QED) is 0.615. The average Bonchev–Trinajstić information content (AvgIpc) is 2.97. The van der Waals surface area contributed by atoms with Crippen LogP contribution in [0.1, 0.15) is 36.0 Å². The van der Waals surface area contributed by atoms with Gasteiger partial charge in [0.15, 0.2) is 0 Å². The zero-order chi connectivity index (χ0) is 15.4. The van der Waals surface area contributed by atoms with E-state index in [0.717, 1.165) is 23.4 Å². The van der Waals surface area contributed by atoms with Crippen LogP contribution in [0.3, 0.4) is 0 Å². The first kappa shape index (κ1) is 13.1. The van der Waals surface area contributed by atoms with Gasteiger partial charge < -0.3 is 0 Å². The SMILES string of the molecule is Cc1cccc2c1ncn2C1=NCC2(CCC2)c2ccccc21. The van der Waals surface area contributed by atoms with Gasteiger partial charge in [0.2, 0.25) is 0 Å². The van der Waals surface area contributed by atoms with Crippen molar-refractivity contribution in [3.8, 4) is 0 Å². The number of benzene rings is 2. The normalized spacial score (nSPS) is 18.6. The van der Waals surface area contributed by atoms with Crippen molar-refractivity contribution in [3.63, 3.8) is 0 Å². The second-order valence-electron chi connectivity index (χ2n) is 6.88. The Morgan fingerprint density at radius 2 is 1.91 bits per heavy atom. The highest BCUT2D eigenvalue weighted by molar-refractivity contribution is 6.07. The zero-order valence-corrected chi connectivity index (χ0v) is 13.3. The first-order chi connectivity index (χ1) is 11.3. The summed E-state index contributed by atoms with van der Waals surface area (Å²) in [6.45, 7) is 3.02. The number of aryl methyl sites for hydroxylation is 1. The van der Waals surface area contributed by atoms with E-state index in [4.69, 9.17) is 4.99 Å². The summed E-state index contributed by atoms with van der Waals surface area (Å²) in [5.41, 5.74) is 6.47. The standard InChI is InChI=1S/C20H19N3/c1-14-6-4-9-17-18(14)22-13-23(17)19-15-7-2-3-8-16(15)20(12-21-19)10-5-11-20/h2-4,6-9,13H,5,10-12H2,1H3. The largest absolute Gasteiger partial charge is 0.283 e. The first-order valence-electron chi connectivity index (χ1n) is 8.36. The molecular formula is C20H19N3. The second-order valence-corrected chi connectivity index (χ2v) is 6.88. The Morgan fingerprint density at radius 1 is 1.04 bits per heavy atom. The summed E-state index contributed by atoms with van der Waals surface area (Å²) in [7, 11) is 0. The molecule has 5 rings (SSSR count). The van der Waals surface area contributed by atoms with E-state index in [2.05, 4.69) is 58.9 Å². The molecule has 1 aliphatic heterocycles. The molecule has 0 saturated heterocycles. The number of nitrogens with zero attached hydrogens (tertiary/aromatic N) is 3. The van der Waals surface area contributed by atoms with Gasteiger partial charge >= 0.3 is 0 Å². The highest BCUT2D eigenvalue weighted by atomic mass is 15.1. The minimum Gasteiger partial charge on any atom is -0.283 e. The molecule has 1 saturated carbocycles. The summed E-state index contributed by atoms with van der Waals surface area (Å²) in [6.07, 6.45) is 5.79. The third-order valence-corrected chi connectivity index (χ3v) is 5.59. The van der Waals surface area contributed by atoms with Gasteiger partial charge in [-0.3, -0.25) is 9.56 Å². The van der Waals surface area contributed by atoms with Gasteiger partial charge in [0.1, 0.15) is 12.2 Å². The van der Waals surface area contributed by atoms with Gasteiger partial charge in [-0.1, -0.05) is 42.8 Å². The van der Waals surface area contributed by atoms with Crippen LogP contribution >= 0.6 is 0 Å². The van der Waals surface area contributed by atoms with Crippen LogP contribution in [-0.4, -0.2) is 21.9 Å². The predicted octanol–water partition coefficient (Wildman–Crippen LogP) is 4.07. The molecule has 3 aromatic rings. The molecule has 1 spiro atoms. The topological polar surface area (TPSA) is 30.2 Å². The smallest absolute Gasteiger partial charge is 0.141 e. The molecule has 3 nitrogen and oxygen atoms in total. The number of para-hydroxylation sites is 1. The zero-order valence-electron chi connectivity index (χ0n) is 13.3. The van der Waals surface area contributed by atoms with E-state index in [1.807, 2.05) is 6.33 Å². The summed E-state index contributed by atoms with van der Waals surface area (Å²) in [6, 6.07) is 15.1. The van der Waals surface area contributed by atoms with E-state index in [1.165, 1.54) is 36.0 Å². The van der Waals surface area contributed by atoms with Crippen molar-refractivity contribution >= 4 is 16.9 Å². The fourth-order valence-corrected chi connectivity index (χ4v) is 4.13. The monoisotopic (exact) mass is 301 g/mol. The van der Waals surface area contributed by atoms with Crippen LogP contribution in [0.4, 0.5) is 0 Å². The van der Waals surface area contributed by atoms with Gasteiger partial charge in [-0.25, -0.2) is 4.98 Å². The lowest BCUT2D eigenvalue weighted by molar-refractivity contribution is 0.250. The van der Waals surface area contributed by atoms with Crippen molar-refractivity contribution in [1.82, 2.24) is 9.55 Å². The molecule has 2 aromatic carbocycles. The maximum atomic E-state index is 5.01. The van der Waals surface area contributed by atoms with E-state index < -0.39 is 0 Å². The van der Waals surface area contributed by atoms with Crippen LogP contribution in [0.5, 0.6) is 0 Å². The van der Waals surface area contributed by atoms with Crippen LogP contribution < -0.4 is 0 Å². The Labute approximate surface area is 135 Å². The van der Waals surface area contributed by atoms with Crippen LogP contribution in [-0.2, 0) is 5.41 Å². The average molecular weight is 301 g/mol. The number of fused-ring (bicyclic) bond motifs is 3. The highest BCUT2D eigenvalue weighted by Gasteiger charge is 2.42. The number of rotatable bonds is 0. The molecule has 1 aromatic heterocycles. The van der Waals surface area contributed by atoms with Crippen molar-refractivity contribution in [2.75, 3.05) is 6.54 Å². The van der Waals surface area contributed by atoms with Gasteiger partial charge in [-0.2, -0.15) is 0 Å². The molecule has 0 unspecified atom stereocenters. The number of aliphatic imine (C=N–C) groups is 1. The predicted molar refractivity (Wildman–Crippen MR) is 93.2 cm³/mol. The third-order valence-electron chi connectivity index (χ3n) is 5.59. The molecule has 0 bridgehead atoms. The number of hydrogen-bond donors (Lipinski definition) is 0.